The van der Waals surface area contributed by atoms with Crippen molar-refractivity contribution in [2.45, 2.75) is 13.5 Å². The van der Waals surface area contributed by atoms with E-state index in [4.69, 9.17) is 9.47 Å². The van der Waals surface area contributed by atoms with Crippen LogP contribution in [0.4, 0.5) is 4.39 Å². The van der Waals surface area contributed by atoms with E-state index in [9.17, 15) is 4.39 Å². The van der Waals surface area contributed by atoms with Crippen LogP contribution < -0.4 is 20.1 Å². The summed E-state index contributed by atoms with van der Waals surface area (Å²) in [6, 6.07) is 13.9. The third-order valence-electron chi connectivity index (χ3n) is 3.36. The number of nitrogens with one attached hydrogen (secondary N) is 2. The summed E-state index contributed by atoms with van der Waals surface area (Å²) in [4.78, 5) is 4.54. The second kappa shape index (κ2) is 10.2. The number of nitrogens with zero attached hydrogens (tertiary/aromatic N) is 1. The van der Waals surface area contributed by atoms with E-state index in [0.29, 0.717) is 31.4 Å². The molecule has 5 nitrogen and oxygen atoms in total. The normalized spacial score (nSPS) is 11.1. The van der Waals surface area contributed by atoms with Crippen molar-refractivity contribution in [2.24, 2.45) is 4.99 Å². The van der Waals surface area contributed by atoms with Crippen LogP contribution in [0.25, 0.3) is 0 Å². The lowest BCUT2D eigenvalue weighted by molar-refractivity contribution is 0.320. The highest BCUT2D eigenvalue weighted by atomic mass is 19.1. The maximum atomic E-state index is 13.1. The second-order valence-electron chi connectivity index (χ2n) is 5.28. The van der Waals surface area contributed by atoms with Crippen LogP contribution in [-0.4, -0.2) is 32.8 Å². The van der Waals surface area contributed by atoms with E-state index < -0.39 is 0 Å². The zero-order valence-corrected chi connectivity index (χ0v) is 14.6. The zero-order valence-electron chi connectivity index (χ0n) is 14.6. The molecule has 0 saturated heterocycles. The fourth-order valence-electron chi connectivity index (χ4n) is 2.18. The Balaban J connectivity index is 1.82. The van der Waals surface area contributed by atoms with Gasteiger partial charge in [0.25, 0.3) is 0 Å². The summed E-state index contributed by atoms with van der Waals surface area (Å²) in [5, 5.41) is 6.37. The molecule has 2 aromatic carbocycles. The Morgan fingerprint density at radius 1 is 1.08 bits per heavy atom. The molecule has 0 amide bonds. The Morgan fingerprint density at radius 2 is 1.88 bits per heavy atom. The molecule has 25 heavy (non-hydrogen) atoms. The predicted octanol–water partition coefficient (Wildman–Crippen LogP) is 2.97. The highest BCUT2D eigenvalue weighted by Gasteiger charge is 2.00. The van der Waals surface area contributed by atoms with Crippen LogP contribution in [0.1, 0.15) is 12.5 Å². The predicted molar refractivity (Wildman–Crippen MR) is 97.7 cm³/mol. The molecule has 2 rings (SSSR count). The Kier molecular flexibility index (Phi) is 7.56. The van der Waals surface area contributed by atoms with Crippen molar-refractivity contribution in [3.63, 3.8) is 0 Å². The summed E-state index contributed by atoms with van der Waals surface area (Å²) >= 11 is 0. The molecule has 0 saturated carbocycles. The third kappa shape index (κ3) is 6.71. The van der Waals surface area contributed by atoms with Crippen molar-refractivity contribution in [1.29, 1.82) is 0 Å². The van der Waals surface area contributed by atoms with Crippen LogP contribution in [0.15, 0.2) is 53.5 Å². The molecule has 2 aromatic rings. The van der Waals surface area contributed by atoms with Gasteiger partial charge in [0, 0.05) is 12.6 Å². The van der Waals surface area contributed by atoms with Crippen molar-refractivity contribution >= 4 is 5.96 Å². The third-order valence-corrected chi connectivity index (χ3v) is 3.36. The monoisotopic (exact) mass is 345 g/mol. The Bertz CT molecular complexity index is 692. The van der Waals surface area contributed by atoms with Gasteiger partial charge in [0.1, 0.15) is 23.9 Å². The van der Waals surface area contributed by atoms with E-state index in [1.165, 1.54) is 12.1 Å². The van der Waals surface area contributed by atoms with Crippen molar-refractivity contribution in [2.75, 3.05) is 26.8 Å². The first kappa shape index (κ1) is 18.6. The minimum Gasteiger partial charge on any atom is -0.497 e. The molecule has 0 atom stereocenters. The minimum absolute atomic E-state index is 0.307. The molecule has 0 bridgehead atoms. The molecule has 0 spiro atoms. The molecule has 0 heterocycles. The number of halogens is 1. The molecule has 0 radical (unpaired) electrons. The van der Waals surface area contributed by atoms with Gasteiger partial charge in [-0.1, -0.05) is 18.2 Å². The molecular weight excluding hydrogens is 321 g/mol. The van der Waals surface area contributed by atoms with Crippen LogP contribution in [0, 0.1) is 5.82 Å². The molecule has 0 fully saturated rings. The molecular formula is C19H24FN3O2. The molecule has 2 N–H and O–H groups in total. The van der Waals surface area contributed by atoms with Crippen LogP contribution in [0.3, 0.4) is 0 Å². The topological polar surface area (TPSA) is 54.9 Å². The van der Waals surface area contributed by atoms with E-state index in [1.54, 1.807) is 19.2 Å². The SMILES string of the molecule is CCNC(=NCc1cccc(OC)c1)NCCOc1cccc(F)c1. The fourth-order valence-corrected chi connectivity index (χ4v) is 2.18. The number of ether oxygens (including phenoxy) is 2. The quantitative estimate of drug-likeness (QED) is 0.439. The Hall–Kier alpha value is -2.76. The van der Waals surface area contributed by atoms with Crippen molar-refractivity contribution < 1.29 is 13.9 Å². The standard InChI is InChI=1S/C19H24FN3O2/c1-3-21-19(23-14-15-6-4-8-17(12-15)24-2)22-10-11-25-18-9-5-7-16(20)13-18/h4-9,12-13H,3,10-11,14H2,1-2H3,(H2,21,22,23). The molecule has 0 unspecified atom stereocenters. The number of hydrogen-bond acceptors (Lipinski definition) is 3. The molecule has 0 aliphatic rings. The summed E-state index contributed by atoms with van der Waals surface area (Å²) in [5.41, 5.74) is 1.06. The number of rotatable bonds is 8. The van der Waals surface area contributed by atoms with E-state index in [-0.39, 0.29) is 5.82 Å². The number of methoxy groups -OCH3 is 1. The average Bonchev–Trinajstić information content (AvgIpc) is 2.63. The highest BCUT2D eigenvalue weighted by molar-refractivity contribution is 5.79. The zero-order chi connectivity index (χ0) is 17.9. The van der Waals surface area contributed by atoms with Crippen molar-refractivity contribution in [3.8, 4) is 11.5 Å². The van der Waals surface area contributed by atoms with Crippen LogP contribution in [0.2, 0.25) is 0 Å². The lowest BCUT2D eigenvalue weighted by Gasteiger charge is -2.12. The van der Waals surface area contributed by atoms with Crippen LogP contribution in [0.5, 0.6) is 11.5 Å². The molecule has 0 aliphatic heterocycles. The largest absolute Gasteiger partial charge is 0.497 e. The molecule has 134 valence electrons. The lowest BCUT2D eigenvalue weighted by atomic mass is 10.2. The van der Waals surface area contributed by atoms with Gasteiger partial charge in [-0.05, 0) is 36.8 Å². The van der Waals surface area contributed by atoms with Gasteiger partial charge in [0.2, 0.25) is 0 Å². The van der Waals surface area contributed by atoms with E-state index in [2.05, 4.69) is 15.6 Å². The second-order valence-corrected chi connectivity index (χ2v) is 5.28. The van der Waals surface area contributed by atoms with Gasteiger partial charge in [0.15, 0.2) is 5.96 Å². The minimum atomic E-state index is -0.307. The van der Waals surface area contributed by atoms with Gasteiger partial charge in [-0.25, -0.2) is 9.38 Å². The van der Waals surface area contributed by atoms with E-state index in [1.807, 2.05) is 31.2 Å². The molecule has 0 aliphatic carbocycles. The summed E-state index contributed by atoms with van der Waals surface area (Å²) in [5.74, 6) is 1.72. The first-order valence-electron chi connectivity index (χ1n) is 8.24. The van der Waals surface area contributed by atoms with E-state index in [0.717, 1.165) is 17.9 Å². The van der Waals surface area contributed by atoms with Crippen LogP contribution in [-0.2, 0) is 6.54 Å². The van der Waals surface area contributed by atoms with E-state index >= 15 is 0 Å². The van der Waals surface area contributed by atoms with Gasteiger partial charge in [-0.3, -0.25) is 0 Å². The Morgan fingerprint density at radius 3 is 2.64 bits per heavy atom. The lowest BCUT2D eigenvalue weighted by Crippen LogP contribution is -2.39. The number of hydrogen-bond donors (Lipinski definition) is 2. The van der Waals surface area contributed by atoms with Crippen molar-refractivity contribution in [3.05, 3.63) is 59.9 Å². The summed E-state index contributed by atoms with van der Waals surface area (Å²) in [6.07, 6.45) is 0. The highest BCUT2D eigenvalue weighted by Crippen LogP contribution is 2.13. The first-order valence-corrected chi connectivity index (χ1v) is 8.24. The van der Waals surface area contributed by atoms with Crippen molar-refractivity contribution in [1.82, 2.24) is 10.6 Å². The average molecular weight is 345 g/mol. The summed E-state index contributed by atoms with van der Waals surface area (Å²) in [7, 11) is 1.65. The first-order chi connectivity index (χ1) is 12.2. The smallest absolute Gasteiger partial charge is 0.191 e. The molecule has 0 aromatic heterocycles. The summed E-state index contributed by atoms with van der Waals surface area (Å²) in [6.45, 7) is 4.27. The maximum absolute atomic E-state index is 13.1. The number of guanidine groups is 1. The van der Waals surface area contributed by atoms with Crippen LogP contribution >= 0.6 is 0 Å². The van der Waals surface area contributed by atoms with Gasteiger partial charge < -0.3 is 20.1 Å². The van der Waals surface area contributed by atoms with Gasteiger partial charge in [0.05, 0.1) is 20.2 Å². The van der Waals surface area contributed by atoms with Gasteiger partial charge in [-0.2, -0.15) is 0 Å². The molecule has 6 heteroatoms. The fraction of sp³-hybridized carbons (Fsp3) is 0.316. The summed E-state index contributed by atoms with van der Waals surface area (Å²) < 4.78 is 23.8. The number of aliphatic imine (C=N–C) groups is 1. The Labute approximate surface area is 147 Å². The van der Waals surface area contributed by atoms with Gasteiger partial charge in [-0.15, -0.1) is 0 Å². The maximum Gasteiger partial charge on any atom is 0.191 e. The number of benzene rings is 2. The van der Waals surface area contributed by atoms with Gasteiger partial charge >= 0.3 is 0 Å².